The van der Waals surface area contributed by atoms with Gasteiger partial charge in [0.2, 0.25) is 0 Å². The minimum atomic E-state index is -0.415. The number of nitrogens with zero attached hydrogens (tertiary/aromatic N) is 1. The summed E-state index contributed by atoms with van der Waals surface area (Å²) in [6.07, 6.45) is 0. The van der Waals surface area contributed by atoms with E-state index in [2.05, 4.69) is 10.3 Å². The van der Waals surface area contributed by atoms with E-state index >= 15 is 0 Å². The number of hydrogen-bond donors (Lipinski definition) is 2. The van der Waals surface area contributed by atoms with Crippen LogP contribution in [0, 0.1) is 5.82 Å². The van der Waals surface area contributed by atoms with Gasteiger partial charge in [-0.05, 0) is 18.6 Å². The second-order valence-corrected chi connectivity index (χ2v) is 5.57. The van der Waals surface area contributed by atoms with Crippen molar-refractivity contribution in [3.63, 3.8) is 0 Å². The number of guanidine groups is 1. The molecule has 1 atom stereocenters. The Kier molecular flexibility index (Phi) is 8.80. The molecule has 0 aliphatic carbocycles. The highest BCUT2D eigenvalue weighted by Gasteiger charge is 2.23. The fourth-order valence-corrected chi connectivity index (χ4v) is 1.97. The van der Waals surface area contributed by atoms with Crippen LogP contribution in [0.5, 0.6) is 0 Å². The zero-order valence-electron chi connectivity index (χ0n) is 13.0. The summed E-state index contributed by atoms with van der Waals surface area (Å²) in [7, 11) is 1.63. The Morgan fingerprint density at radius 2 is 2.05 bits per heavy atom. The SMILES string of the molecule is COCC(C)NC(N)=NCC(C)(C)c1ccccc1F.I. The zero-order valence-corrected chi connectivity index (χ0v) is 15.4. The summed E-state index contributed by atoms with van der Waals surface area (Å²) in [5.74, 6) is 0.131. The van der Waals surface area contributed by atoms with Crippen molar-refractivity contribution in [1.29, 1.82) is 0 Å². The van der Waals surface area contributed by atoms with E-state index in [9.17, 15) is 4.39 Å². The van der Waals surface area contributed by atoms with Crippen LogP contribution in [0.15, 0.2) is 29.3 Å². The summed E-state index contributed by atoms with van der Waals surface area (Å²) in [6, 6.07) is 6.83. The molecule has 4 nitrogen and oxygen atoms in total. The molecule has 0 aromatic heterocycles. The Balaban J connectivity index is 0.00000400. The van der Waals surface area contributed by atoms with E-state index in [-0.39, 0.29) is 35.8 Å². The molecule has 0 aliphatic heterocycles. The standard InChI is InChI=1S/C15H24FN3O.HI/c1-11(9-20-4)19-14(17)18-10-15(2,3)12-7-5-6-8-13(12)16;/h5-8,11H,9-10H2,1-4H3,(H3,17,18,19);1H. The lowest BCUT2D eigenvalue weighted by Crippen LogP contribution is -2.41. The molecule has 120 valence electrons. The normalized spacial score (nSPS) is 13.5. The Morgan fingerprint density at radius 3 is 2.62 bits per heavy atom. The maximum absolute atomic E-state index is 13.8. The van der Waals surface area contributed by atoms with Crippen LogP contribution in [-0.2, 0) is 10.2 Å². The van der Waals surface area contributed by atoms with Crippen LogP contribution in [0.3, 0.4) is 0 Å². The fraction of sp³-hybridized carbons (Fsp3) is 0.533. The van der Waals surface area contributed by atoms with Crippen molar-refractivity contribution in [3.05, 3.63) is 35.6 Å². The third-order valence-corrected chi connectivity index (χ3v) is 3.06. The van der Waals surface area contributed by atoms with Gasteiger partial charge in [0.05, 0.1) is 13.2 Å². The van der Waals surface area contributed by atoms with E-state index in [1.165, 1.54) is 6.07 Å². The van der Waals surface area contributed by atoms with E-state index in [0.29, 0.717) is 24.7 Å². The molecule has 0 amide bonds. The van der Waals surface area contributed by atoms with Gasteiger partial charge in [0.15, 0.2) is 5.96 Å². The average Bonchev–Trinajstić information content (AvgIpc) is 2.37. The lowest BCUT2D eigenvalue weighted by atomic mass is 9.84. The molecular formula is C15H25FIN3O. The Labute approximate surface area is 143 Å². The van der Waals surface area contributed by atoms with Crippen molar-refractivity contribution < 1.29 is 9.13 Å². The number of ether oxygens (including phenoxy) is 1. The first-order valence-corrected chi connectivity index (χ1v) is 6.67. The van der Waals surface area contributed by atoms with Crippen LogP contribution in [0.2, 0.25) is 0 Å². The number of nitrogens with one attached hydrogen (secondary N) is 1. The number of halogens is 2. The monoisotopic (exact) mass is 409 g/mol. The van der Waals surface area contributed by atoms with Gasteiger partial charge in [0.25, 0.3) is 0 Å². The van der Waals surface area contributed by atoms with E-state index in [1.807, 2.05) is 26.8 Å². The number of nitrogens with two attached hydrogens (primary N) is 1. The van der Waals surface area contributed by atoms with Gasteiger partial charge in [-0.25, -0.2) is 4.39 Å². The molecule has 3 N–H and O–H groups in total. The van der Waals surface area contributed by atoms with Gasteiger partial charge in [-0.2, -0.15) is 0 Å². The van der Waals surface area contributed by atoms with Gasteiger partial charge in [0, 0.05) is 18.6 Å². The predicted molar refractivity (Wildman–Crippen MR) is 95.8 cm³/mol. The van der Waals surface area contributed by atoms with Crippen LogP contribution in [0.4, 0.5) is 4.39 Å². The van der Waals surface area contributed by atoms with Crippen LogP contribution in [-0.4, -0.2) is 32.3 Å². The van der Waals surface area contributed by atoms with Crippen molar-refractivity contribution in [1.82, 2.24) is 5.32 Å². The summed E-state index contributed by atoms with van der Waals surface area (Å²) >= 11 is 0. The van der Waals surface area contributed by atoms with Gasteiger partial charge < -0.3 is 15.8 Å². The molecule has 21 heavy (non-hydrogen) atoms. The van der Waals surface area contributed by atoms with Gasteiger partial charge in [-0.15, -0.1) is 24.0 Å². The molecule has 1 rings (SSSR count). The molecule has 0 radical (unpaired) electrons. The molecule has 0 saturated carbocycles. The van der Waals surface area contributed by atoms with Crippen LogP contribution >= 0.6 is 24.0 Å². The summed E-state index contributed by atoms with van der Waals surface area (Å²) in [4.78, 5) is 4.30. The summed E-state index contributed by atoms with van der Waals surface area (Å²) in [6.45, 7) is 6.80. The van der Waals surface area contributed by atoms with Gasteiger partial charge in [0.1, 0.15) is 5.82 Å². The van der Waals surface area contributed by atoms with Crippen molar-refractivity contribution in [2.24, 2.45) is 10.7 Å². The highest BCUT2D eigenvalue weighted by molar-refractivity contribution is 14.0. The first-order chi connectivity index (χ1) is 9.36. The van der Waals surface area contributed by atoms with Gasteiger partial charge >= 0.3 is 0 Å². The van der Waals surface area contributed by atoms with E-state index in [1.54, 1.807) is 19.2 Å². The third-order valence-electron chi connectivity index (χ3n) is 3.06. The minimum absolute atomic E-state index is 0. The Bertz CT molecular complexity index is 466. The first-order valence-electron chi connectivity index (χ1n) is 6.67. The van der Waals surface area contributed by atoms with Crippen LogP contribution < -0.4 is 11.1 Å². The van der Waals surface area contributed by atoms with Gasteiger partial charge in [-0.3, -0.25) is 4.99 Å². The second-order valence-electron chi connectivity index (χ2n) is 5.57. The molecule has 0 fully saturated rings. The molecule has 0 saturated heterocycles. The molecule has 0 aliphatic rings. The largest absolute Gasteiger partial charge is 0.383 e. The molecule has 0 spiro atoms. The van der Waals surface area contributed by atoms with Crippen molar-refractivity contribution in [2.75, 3.05) is 20.3 Å². The summed E-state index contributed by atoms with van der Waals surface area (Å²) in [5, 5.41) is 3.03. The zero-order chi connectivity index (χ0) is 15.2. The molecule has 0 bridgehead atoms. The highest BCUT2D eigenvalue weighted by Crippen LogP contribution is 2.25. The number of rotatable bonds is 6. The maximum atomic E-state index is 13.8. The lowest BCUT2D eigenvalue weighted by molar-refractivity contribution is 0.179. The average molecular weight is 409 g/mol. The molecule has 0 heterocycles. The van der Waals surface area contributed by atoms with E-state index < -0.39 is 5.41 Å². The number of benzene rings is 1. The topological polar surface area (TPSA) is 59.6 Å². The smallest absolute Gasteiger partial charge is 0.188 e. The van der Waals surface area contributed by atoms with Crippen LogP contribution in [0.1, 0.15) is 26.3 Å². The Hall–Kier alpha value is -0.890. The third kappa shape index (κ3) is 6.60. The minimum Gasteiger partial charge on any atom is -0.383 e. The molecular weight excluding hydrogens is 384 g/mol. The lowest BCUT2D eigenvalue weighted by Gasteiger charge is -2.24. The number of aliphatic imine (C=N–C) groups is 1. The Morgan fingerprint density at radius 1 is 1.43 bits per heavy atom. The molecule has 6 heteroatoms. The second kappa shape index (κ2) is 9.19. The summed E-state index contributed by atoms with van der Waals surface area (Å²) < 4.78 is 18.8. The summed E-state index contributed by atoms with van der Waals surface area (Å²) in [5.41, 5.74) is 6.04. The first kappa shape index (κ1) is 20.1. The van der Waals surface area contributed by atoms with Crippen LogP contribution in [0.25, 0.3) is 0 Å². The molecule has 1 aromatic carbocycles. The van der Waals surface area contributed by atoms with E-state index in [4.69, 9.17) is 10.5 Å². The number of hydrogen-bond acceptors (Lipinski definition) is 2. The molecule has 1 aromatic rings. The highest BCUT2D eigenvalue weighted by atomic mass is 127. The van der Waals surface area contributed by atoms with Gasteiger partial charge in [-0.1, -0.05) is 32.0 Å². The number of methoxy groups -OCH3 is 1. The quantitative estimate of drug-likeness (QED) is 0.432. The fourth-order valence-electron chi connectivity index (χ4n) is 1.97. The van der Waals surface area contributed by atoms with Crippen molar-refractivity contribution >= 4 is 29.9 Å². The van der Waals surface area contributed by atoms with Crippen molar-refractivity contribution in [3.8, 4) is 0 Å². The predicted octanol–water partition coefficient (Wildman–Crippen LogP) is 2.66. The maximum Gasteiger partial charge on any atom is 0.188 e. The molecule has 1 unspecified atom stereocenters. The van der Waals surface area contributed by atoms with E-state index in [0.717, 1.165) is 0 Å². The van der Waals surface area contributed by atoms with Crippen molar-refractivity contribution in [2.45, 2.75) is 32.2 Å².